The highest BCUT2D eigenvalue weighted by molar-refractivity contribution is 6.18. The van der Waals surface area contributed by atoms with Gasteiger partial charge in [0.05, 0.1) is 0 Å². The van der Waals surface area contributed by atoms with Crippen LogP contribution in [0.1, 0.15) is 28.2 Å². The summed E-state index contributed by atoms with van der Waals surface area (Å²) < 4.78 is 0. The van der Waals surface area contributed by atoms with Gasteiger partial charge in [-0.25, -0.2) is 0 Å². The molecule has 1 unspecified atom stereocenters. The molecule has 0 saturated heterocycles. The Hall–Kier alpha value is -7.28. The summed E-state index contributed by atoms with van der Waals surface area (Å²) in [5, 5.41) is 7.81. The van der Waals surface area contributed by atoms with E-state index in [0.29, 0.717) is 0 Å². The van der Waals surface area contributed by atoms with Gasteiger partial charge in [0.15, 0.2) is 0 Å². The molecule has 0 aliphatic heterocycles. The summed E-state index contributed by atoms with van der Waals surface area (Å²) in [5.74, 6) is 0.0808. The van der Waals surface area contributed by atoms with E-state index in [1.807, 2.05) is 0 Å². The van der Waals surface area contributed by atoms with Gasteiger partial charge in [-0.3, -0.25) is 0 Å². The first kappa shape index (κ1) is 32.0. The molecule has 0 spiro atoms. The molecular weight excluding hydrogens is 685 g/mol. The summed E-state index contributed by atoms with van der Waals surface area (Å²) in [4.78, 5) is 0. The Kier molecular flexibility index (Phi) is 7.09. The van der Waals surface area contributed by atoms with Crippen LogP contribution in [0.15, 0.2) is 206 Å². The highest BCUT2D eigenvalue weighted by Gasteiger charge is 2.31. The summed E-state index contributed by atoms with van der Waals surface area (Å²) in [5.41, 5.74) is 19.4. The van der Waals surface area contributed by atoms with E-state index in [2.05, 4.69) is 212 Å². The molecule has 10 aromatic carbocycles. The van der Waals surface area contributed by atoms with Crippen LogP contribution in [0.25, 0.3) is 99.6 Å². The third kappa shape index (κ3) is 4.94. The van der Waals surface area contributed by atoms with E-state index >= 15 is 0 Å². The van der Waals surface area contributed by atoms with Crippen LogP contribution in [-0.4, -0.2) is 0 Å². The minimum atomic E-state index is 0.0808. The van der Waals surface area contributed by atoms with Gasteiger partial charge in [0.1, 0.15) is 0 Å². The third-order valence-corrected chi connectivity index (χ3v) is 12.5. The Morgan fingerprint density at radius 1 is 0.316 bits per heavy atom. The lowest BCUT2D eigenvalue weighted by molar-refractivity contribution is 1.10. The molecule has 12 rings (SSSR count). The minimum Gasteiger partial charge on any atom is -0.0622 e. The van der Waals surface area contributed by atoms with Crippen LogP contribution in [0.4, 0.5) is 0 Å². The number of hydrogen-bond acceptors (Lipinski definition) is 0. The molecule has 2 aliphatic rings. The first-order valence-corrected chi connectivity index (χ1v) is 20.0. The predicted molar refractivity (Wildman–Crippen MR) is 242 cm³/mol. The van der Waals surface area contributed by atoms with Crippen molar-refractivity contribution in [2.45, 2.75) is 5.92 Å². The molecule has 10 aromatic rings. The average molecular weight is 721 g/mol. The molecule has 0 saturated carbocycles. The molecule has 0 fully saturated rings. The first-order chi connectivity index (χ1) is 28.3. The van der Waals surface area contributed by atoms with Crippen molar-refractivity contribution in [3.8, 4) is 55.6 Å². The fourth-order valence-corrected chi connectivity index (χ4v) is 9.99. The van der Waals surface area contributed by atoms with E-state index in [1.54, 1.807) is 0 Å². The van der Waals surface area contributed by atoms with Gasteiger partial charge < -0.3 is 0 Å². The zero-order chi connectivity index (χ0) is 37.5. The van der Waals surface area contributed by atoms with Gasteiger partial charge in [0, 0.05) is 5.92 Å². The van der Waals surface area contributed by atoms with Crippen molar-refractivity contribution in [3.63, 3.8) is 0 Å². The lowest BCUT2D eigenvalue weighted by Gasteiger charge is -2.25. The van der Waals surface area contributed by atoms with Crippen molar-refractivity contribution < 1.29 is 0 Å². The smallest absolute Gasteiger partial charge is 0.0364 e. The van der Waals surface area contributed by atoms with Crippen LogP contribution in [0.3, 0.4) is 0 Å². The summed E-state index contributed by atoms with van der Waals surface area (Å²) in [6.45, 7) is 0. The second kappa shape index (κ2) is 12.6. The van der Waals surface area contributed by atoms with Gasteiger partial charge in [-0.2, -0.15) is 0 Å². The minimum absolute atomic E-state index is 0.0808. The molecule has 0 nitrogen and oxygen atoms in total. The Morgan fingerprint density at radius 2 is 0.877 bits per heavy atom. The van der Waals surface area contributed by atoms with Crippen LogP contribution < -0.4 is 0 Å². The summed E-state index contributed by atoms with van der Waals surface area (Å²) in [7, 11) is 0. The van der Waals surface area contributed by atoms with E-state index in [1.165, 1.54) is 116 Å². The molecule has 2 aliphatic carbocycles. The largest absolute Gasteiger partial charge is 0.0622 e. The molecule has 0 heteroatoms. The third-order valence-electron chi connectivity index (χ3n) is 12.5. The average Bonchev–Trinajstić information content (AvgIpc) is 3.83. The number of fused-ring (bicyclic) bond motifs is 6. The highest BCUT2D eigenvalue weighted by atomic mass is 14.3. The predicted octanol–water partition coefficient (Wildman–Crippen LogP) is 15.5. The van der Waals surface area contributed by atoms with Crippen molar-refractivity contribution in [3.05, 3.63) is 229 Å². The number of benzene rings is 10. The van der Waals surface area contributed by atoms with Gasteiger partial charge in [-0.1, -0.05) is 188 Å². The van der Waals surface area contributed by atoms with Crippen LogP contribution >= 0.6 is 0 Å². The van der Waals surface area contributed by atoms with Crippen molar-refractivity contribution >= 4 is 44.0 Å². The van der Waals surface area contributed by atoms with Gasteiger partial charge in [0.25, 0.3) is 0 Å². The maximum Gasteiger partial charge on any atom is 0.0364 e. The monoisotopic (exact) mass is 720 g/mol. The fourth-order valence-electron chi connectivity index (χ4n) is 9.99. The Labute approximate surface area is 332 Å². The van der Waals surface area contributed by atoms with Gasteiger partial charge in [0.2, 0.25) is 0 Å². The Morgan fingerprint density at radius 3 is 1.65 bits per heavy atom. The molecular formula is C57H36. The van der Waals surface area contributed by atoms with E-state index < -0.39 is 0 Å². The van der Waals surface area contributed by atoms with Gasteiger partial charge in [-0.15, -0.1) is 0 Å². The van der Waals surface area contributed by atoms with E-state index in [-0.39, 0.29) is 5.92 Å². The van der Waals surface area contributed by atoms with Crippen molar-refractivity contribution in [2.75, 3.05) is 0 Å². The molecule has 0 aromatic heterocycles. The molecule has 0 N–H and O–H groups in total. The molecule has 0 heterocycles. The Balaban J connectivity index is 1.04. The summed E-state index contributed by atoms with van der Waals surface area (Å²) in [6, 6.07) is 76.6. The lowest BCUT2D eigenvalue weighted by Crippen LogP contribution is -2.04. The van der Waals surface area contributed by atoms with E-state index in [9.17, 15) is 0 Å². The standard InChI is InChI=1S/C57H36/c1-2-14-36(15-3-1)37-28-30-38(31-29-37)52-34-40-16-4-5-20-44(40)56(52)57-50-25-10-8-23-48(50)54(49-24-9-11-26-51(49)57)41-18-12-17-39(32-41)43-33-42-19-13-27-47-45-21-6-7-22-46(45)53(35-43)55(42)47/h1-35,56H. The number of rotatable bonds is 5. The molecule has 0 amide bonds. The lowest BCUT2D eigenvalue weighted by atomic mass is 9.78. The maximum absolute atomic E-state index is 2.43. The van der Waals surface area contributed by atoms with Crippen molar-refractivity contribution in [1.82, 2.24) is 0 Å². The van der Waals surface area contributed by atoms with E-state index in [0.717, 1.165) is 0 Å². The normalized spacial score (nSPS) is 13.9. The summed E-state index contributed by atoms with van der Waals surface area (Å²) in [6.07, 6.45) is 2.43. The molecule has 264 valence electrons. The SMILES string of the molecule is C1=C(c2ccc(-c3ccccc3)cc2)C(c2c3ccccc3c(-c3cccc(-c4cc5c6c(cccc6c4)-c4ccccc4-5)c3)c3ccccc23)c2ccccc21. The second-order valence-corrected chi connectivity index (χ2v) is 15.5. The molecule has 0 bridgehead atoms. The fraction of sp³-hybridized carbons (Fsp3) is 0.0175. The van der Waals surface area contributed by atoms with Gasteiger partial charge >= 0.3 is 0 Å². The maximum atomic E-state index is 2.43. The quantitative estimate of drug-likeness (QED) is 0.155. The summed E-state index contributed by atoms with van der Waals surface area (Å²) >= 11 is 0. The topological polar surface area (TPSA) is 0 Å². The van der Waals surface area contributed by atoms with Crippen LogP contribution in [0.2, 0.25) is 0 Å². The first-order valence-electron chi connectivity index (χ1n) is 20.0. The van der Waals surface area contributed by atoms with Crippen molar-refractivity contribution in [1.29, 1.82) is 0 Å². The van der Waals surface area contributed by atoms with Gasteiger partial charge in [-0.05, 0) is 140 Å². The van der Waals surface area contributed by atoms with Crippen LogP contribution in [0.5, 0.6) is 0 Å². The zero-order valence-electron chi connectivity index (χ0n) is 31.3. The highest BCUT2D eigenvalue weighted by Crippen LogP contribution is 2.53. The van der Waals surface area contributed by atoms with E-state index in [4.69, 9.17) is 0 Å². The van der Waals surface area contributed by atoms with Crippen molar-refractivity contribution in [2.24, 2.45) is 0 Å². The van der Waals surface area contributed by atoms with Crippen LogP contribution in [-0.2, 0) is 0 Å². The van der Waals surface area contributed by atoms with Crippen LogP contribution in [0, 0.1) is 0 Å². The molecule has 1 atom stereocenters. The Bertz CT molecular complexity index is 3210. The molecule has 57 heavy (non-hydrogen) atoms. The number of hydrogen-bond donors (Lipinski definition) is 0. The molecule has 0 radical (unpaired) electrons. The zero-order valence-corrected chi connectivity index (χ0v) is 31.3. The number of allylic oxidation sites excluding steroid dienone is 1. The second-order valence-electron chi connectivity index (χ2n) is 15.5.